The number of hydrogen-bond donors (Lipinski definition) is 3. The summed E-state index contributed by atoms with van der Waals surface area (Å²) < 4.78 is 0. The molecule has 10 heavy (non-hydrogen) atoms. The zero-order chi connectivity index (χ0) is 7.11. The number of rotatable bonds is 4. The Morgan fingerprint density at radius 1 is 1.70 bits per heavy atom. The Kier molecular flexibility index (Phi) is 10.1. The second-order valence-electron chi connectivity index (χ2n) is 1.51. The summed E-state index contributed by atoms with van der Waals surface area (Å²) in [5.74, 6) is -0.261. The van der Waals surface area contributed by atoms with E-state index in [0.717, 1.165) is 0 Å². The number of hydroxylamine groups is 1. The highest BCUT2D eigenvalue weighted by Crippen LogP contribution is 1.77. The van der Waals surface area contributed by atoms with Crippen molar-refractivity contribution >= 4 is 5.97 Å². The first-order valence-electron chi connectivity index (χ1n) is 2.93. The highest BCUT2D eigenvalue weighted by molar-refractivity contribution is 5.68. The molecule has 0 aliphatic rings. The Bertz CT molecular complexity index is 87.0. The Morgan fingerprint density at radius 2 is 2.30 bits per heavy atom. The minimum atomic E-state index is -0.261. The lowest BCUT2D eigenvalue weighted by Gasteiger charge is -2.00. The quantitative estimate of drug-likeness (QED) is 0.372. The molecule has 0 heterocycles. The van der Waals surface area contributed by atoms with Gasteiger partial charge in [-0.25, -0.2) is 0 Å². The third-order valence-corrected chi connectivity index (χ3v) is 0.721. The number of carbonyl (C=O) groups excluding carboxylic acids is 1. The Labute approximate surface area is 60.5 Å². The van der Waals surface area contributed by atoms with Gasteiger partial charge in [0.2, 0.25) is 0 Å². The summed E-state index contributed by atoms with van der Waals surface area (Å²) in [5, 5.41) is 0. The van der Waals surface area contributed by atoms with Crippen molar-refractivity contribution < 1.29 is 9.63 Å². The highest BCUT2D eigenvalue weighted by atomic mass is 16.7. The van der Waals surface area contributed by atoms with Crippen molar-refractivity contribution in [3.8, 4) is 0 Å². The van der Waals surface area contributed by atoms with Gasteiger partial charge in [0.05, 0.1) is 0 Å². The Hall–Kier alpha value is -0.650. The van der Waals surface area contributed by atoms with Crippen molar-refractivity contribution in [1.82, 2.24) is 11.6 Å². The standard InChI is InChI=1S/C5H12N2O2.H3N/c1-2-5(8)9-7-4-3-6;/h7H,2-4,6H2,1H3;1H3. The van der Waals surface area contributed by atoms with E-state index < -0.39 is 0 Å². The van der Waals surface area contributed by atoms with E-state index in [4.69, 9.17) is 5.73 Å². The van der Waals surface area contributed by atoms with E-state index in [0.29, 0.717) is 19.5 Å². The van der Waals surface area contributed by atoms with Crippen molar-refractivity contribution in [2.45, 2.75) is 13.3 Å². The summed E-state index contributed by atoms with van der Waals surface area (Å²) >= 11 is 0. The van der Waals surface area contributed by atoms with Crippen LogP contribution in [0.4, 0.5) is 0 Å². The summed E-state index contributed by atoms with van der Waals surface area (Å²) in [5.41, 5.74) is 7.51. The van der Waals surface area contributed by atoms with Crippen LogP contribution in [0, 0.1) is 0 Å². The summed E-state index contributed by atoms with van der Waals surface area (Å²) in [6.07, 6.45) is 0.386. The molecule has 0 amide bonds. The summed E-state index contributed by atoms with van der Waals surface area (Å²) in [6.45, 7) is 2.70. The first kappa shape index (κ1) is 12.1. The van der Waals surface area contributed by atoms with E-state index in [-0.39, 0.29) is 12.1 Å². The molecule has 0 saturated heterocycles. The van der Waals surface area contributed by atoms with Crippen LogP contribution >= 0.6 is 0 Å². The van der Waals surface area contributed by atoms with E-state index >= 15 is 0 Å². The van der Waals surface area contributed by atoms with Gasteiger partial charge in [0.1, 0.15) is 0 Å². The molecule has 5 nitrogen and oxygen atoms in total. The average Bonchev–Trinajstić information content (AvgIpc) is 1.89. The van der Waals surface area contributed by atoms with Gasteiger partial charge in [-0.1, -0.05) is 6.92 Å². The van der Waals surface area contributed by atoms with Crippen LogP contribution in [0.5, 0.6) is 0 Å². The van der Waals surface area contributed by atoms with E-state index in [1.54, 1.807) is 6.92 Å². The molecule has 6 N–H and O–H groups in total. The number of nitrogens with two attached hydrogens (primary N) is 1. The molecule has 5 heteroatoms. The van der Waals surface area contributed by atoms with Gasteiger partial charge in [0.15, 0.2) is 0 Å². The number of nitrogens with one attached hydrogen (secondary N) is 1. The fourth-order valence-corrected chi connectivity index (χ4v) is 0.263. The highest BCUT2D eigenvalue weighted by Gasteiger charge is 1.94. The zero-order valence-electron chi connectivity index (χ0n) is 6.22. The lowest BCUT2D eigenvalue weighted by atomic mass is 10.5. The van der Waals surface area contributed by atoms with Crippen molar-refractivity contribution in [3.05, 3.63) is 0 Å². The molecule has 0 aliphatic carbocycles. The van der Waals surface area contributed by atoms with E-state index in [9.17, 15) is 4.79 Å². The minimum Gasteiger partial charge on any atom is -0.371 e. The summed E-state index contributed by atoms with van der Waals surface area (Å²) in [4.78, 5) is 14.8. The fraction of sp³-hybridized carbons (Fsp3) is 0.800. The Morgan fingerprint density at radius 3 is 2.70 bits per heavy atom. The molecule has 0 saturated carbocycles. The SMILES string of the molecule is CCC(=O)ONCCN.N. The molecular formula is C5H15N3O2. The van der Waals surface area contributed by atoms with Gasteiger partial charge in [-0.3, -0.25) is 4.79 Å². The molecule has 0 fully saturated rings. The van der Waals surface area contributed by atoms with Gasteiger partial charge in [-0.05, 0) is 0 Å². The zero-order valence-corrected chi connectivity index (χ0v) is 6.22. The van der Waals surface area contributed by atoms with Crippen LogP contribution < -0.4 is 17.4 Å². The molecule has 0 radical (unpaired) electrons. The third-order valence-electron chi connectivity index (χ3n) is 0.721. The smallest absolute Gasteiger partial charge is 0.324 e. The molecule has 0 aromatic heterocycles. The fourth-order valence-electron chi connectivity index (χ4n) is 0.263. The maximum atomic E-state index is 10.4. The van der Waals surface area contributed by atoms with Gasteiger partial charge in [0, 0.05) is 19.5 Å². The van der Waals surface area contributed by atoms with Crippen molar-refractivity contribution in [3.63, 3.8) is 0 Å². The molecule has 0 aromatic rings. The second kappa shape index (κ2) is 8.35. The second-order valence-corrected chi connectivity index (χ2v) is 1.51. The first-order valence-corrected chi connectivity index (χ1v) is 2.93. The van der Waals surface area contributed by atoms with Crippen molar-refractivity contribution in [2.24, 2.45) is 5.73 Å². The average molecular weight is 149 g/mol. The number of carbonyl (C=O) groups is 1. The van der Waals surface area contributed by atoms with E-state index in [1.165, 1.54) is 0 Å². The molecule has 0 rings (SSSR count). The maximum Gasteiger partial charge on any atom is 0.324 e. The van der Waals surface area contributed by atoms with E-state index in [1.807, 2.05) is 0 Å². The molecule has 0 bridgehead atoms. The summed E-state index contributed by atoms with van der Waals surface area (Å²) in [7, 11) is 0. The van der Waals surface area contributed by atoms with Crippen LogP contribution in [0.25, 0.3) is 0 Å². The monoisotopic (exact) mass is 149 g/mol. The molecule has 0 unspecified atom stereocenters. The lowest BCUT2D eigenvalue weighted by molar-refractivity contribution is -0.150. The lowest BCUT2D eigenvalue weighted by Crippen LogP contribution is -2.25. The molecule has 0 aromatic carbocycles. The topological polar surface area (TPSA) is 99.3 Å². The minimum absolute atomic E-state index is 0. The van der Waals surface area contributed by atoms with Crippen LogP contribution in [0.15, 0.2) is 0 Å². The van der Waals surface area contributed by atoms with Crippen LogP contribution in [-0.4, -0.2) is 19.1 Å². The predicted molar refractivity (Wildman–Crippen MR) is 38.5 cm³/mol. The predicted octanol–water partition coefficient (Wildman–Crippen LogP) is -0.435. The third kappa shape index (κ3) is 7.35. The van der Waals surface area contributed by atoms with Crippen LogP contribution in [0.1, 0.15) is 13.3 Å². The van der Waals surface area contributed by atoms with Crippen molar-refractivity contribution in [2.75, 3.05) is 13.1 Å². The molecular weight excluding hydrogens is 134 g/mol. The molecule has 0 atom stereocenters. The molecule has 0 spiro atoms. The van der Waals surface area contributed by atoms with Gasteiger partial charge in [-0.15, -0.1) is 0 Å². The van der Waals surface area contributed by atoms with Gasteiger partial charge < -0.3 is 16.7 Å². The van der Waals surface area contributed by atoms with Gasteiger partial charge in [-0.2, -0.15) is 5.48 Å². The first-order chi connectivity index (χ1) is 4.31. The van der Waals surface area contributed by atoms with Crippen LogP contribution in [0.3, 0.4) is 0 Å². The van der Waals surface area contributed by atoms with Gasteiger partial charge >= 0.3 is 5.97 Å². The van der Waals surface area contributed by atoms with E-state index in [2.05, 4.69) is 10.3 Å². The maximum absolute atomic E-state index is 10.4. The molecule has 0 aliphatic heterocycles. The van der Waals surface area contributed by atoms with Crippen LogP contribution in [0.2, 0.25) is 0 Å². The van der Waals surface area contributed by atoms with Crippen molar-refractivity contribution in [1.29, 1.82) is 0 Å². The normalized spacial score (nSPS) is 8.20. The largest absolute Gasteiger partial charge is 0.371 e. The van der Waals surface area contributed by atoms with Crippen LogP contribution in [-0.2, 0) is 9.63 Å². The molecule has 62 valence electrons. The van der Waals surface area contributed by atoms with Gasteiger partial charge in [0.25, 0.3) is 0 Å². The Balaban J connectivity index is 0. The number of hydrogen-bond acceptors (Lipinski definition) is 5. The summed E-state index contributed by atoms with van der Waals surface area (Å²) in [6, 6.07) is 0.